The summed E-state index contributed by atoms with van der Waals surface area (Å²) in [6.07, 6.45) is 3.10. The van der Waals surface area contributed by atoms with Crippen molar-refractivity contribution in [1.29, 1.82) is 0 Å². The minimum atomic E-state index is -0.728. The van der Waals surface area contributed by atoms with Gasteiger partial charge >= 0.3 is 5.97 Å². The number of rotatable bonds is 3. The van der Waals surface area contributed by atoms with Crippen molar-refractivity contribution in [3.63, 3.8) is 0 Å². The topological polar surface area (TPSA) is 46.6 Å². The molecule has 1 aromatic rings. The zero-order valence-corrected chi connectivity index (χ0v) is 15.5. The summed E-state index contributed by atoms with van der Waals surface area (Å²) in [6, 6.07) is 9.97. The molecule has 1 saturated heterocycles. The Kier molecular flexibility index (Phi) is 4.72. The number of nitrogens with zero attached hydrogens (tertiary/aromatic N) is 1. The first-order valence-electron chi connectivity index (χ1n) is 9.03. The quantitative estimate of drug-likeness (QED) is 0.618. The van der Waals surface area contributed by atoms with Gasteiger partial charge in [-0.05, 0) is 37.7 Å². The summed E-state index contributed by atoms with van der Waals surface area (Å²) < 4.78 is 4.98. The van der Waals surface area contributed by atoms with Crippen LogP contribution in [0.5, 0.6) is 0 Å². The molecular weight excluding hydrogens is 314 g/mol. The standard InChI is InChI=1S/C21H27NO3/c1-14-9-8-12-21(3)15(2)17(20(24)25-4)19(23)22(18(14)21)13-16-10-6-5-7-11-16/h5-7,10-11,15,17H,8-9,12-13H2,1-4H3/t15?,17?,21-/m0/s1. The molecule has 0 aromatic heterocycles. The van der Waals surface area contributed by atoms with Crippen molar-refractivity contribution in [3.05, 3.63) is 47.2 Å². The number of carbonyl (C=O) groups is 2. The Bertz CT molecular complexity index is 709. The number of ether oxygens (including phenoxy) is 1. The lowest BCUT2D eigenvalue weighted by atomic mass is 9.60. The Hall–Kier alpha value is -2.10. The van der Waals surface area contributed by atoms with Crippen molar-refractivity contribution >= 4 is 11.9 Å². The molecule has 0 spiro atoms. The van der Waals surface area contributed by atoms with Crippen LogP contribution in [0.1, 0.15) is 45.6 Å². The molecule has 2 unspecified atom stereocenters. The Morgan fingerprint density at radius 3 is 2.64 bits per heavy atom. The number of piperidine rings is 1. The van der Waals surface area contributed by atoms with Crippen molar-refractivity contribution in [2.45, 2.75) is 46.6 Å². The van der Waals surface area contributed by atoms with Gasteiger partial charge in [-0.2, -0.15) is 0 Å². The molecule has 134 valence electrons. The van der Waals surface area contributed by atoms with Gasteiger partial charge in [0, 0.05) is 11.1 Å². The van der Waals surface area contributed by atoms with Gasteiger partial charge < -0.3 is 9.64 Å². The Morgan fingerprint density at radius 2 is 2.00 bits per heavy atom. The van der Waals surface area contributed by atoms with Crippen LogP contribution in [0.3, 0.4) is 0 Å². The van der Waals surface area contributed by atoms with E-state index in [1.54, 1.807) is 0 Å². The van der Waals surface area contributed by atoms with Gasteiger partial charge in [-0.1, -0.05) is 49.8 Å². The highest BCUT2D eigenvalue weighted by Gasteiger charge is 2.54. The van der Waals surface area contributed by atoms with Crippen LogP contribution in [0.2, 0.25) is 0 Å². The first-order chi connectivity index (χ1) is 11.9. The van der Waals surface area contributed by atoms with Crippen LogP contribution in [-0.4, -0.2) is 23.9 Å². The van der Waals surface area contributed by atoms with Gasteiger partial charge in [0.2, 0.25) is 5.91 Å². The average molecular weight is 341 g/mol. The number of carbonyl (C=O) groups excluding carboxylic acids is 2. The molecule has 0 bridgehead atoms. The molecule has 4 heteroatoms. The van der Waals surface area contributed by atoms with Gasteiger partial charge in [0.1, 0.15) is 5.92 Å². The second kappa shape index (κ2) is 6.66. The van der Waals surface area contributed by atoms with Crippen LogP contribution >= 0.6 is 0 Å². The number of benzene rings is 1. The van der Waals surface area contributed by atoms with Crippen LogP contribution in [-0.2, 0) is 20.9 Å². The van der Waals surface area contributed by atoms with Gasteiger partial charge in [0.05, 0.1) is 13.7 Å². The molecule has 0 saturated carbocycles. The third-order valence-corrected chi connectivity index (χ3v) is 6.14. The second-order valence-corrected chi connectivity index (χ2v) is 7.60. The van der Waals surface area contributed by atoms with Gasteiger partial charge in [-0.3, -0.25) is 9.59 Å². The van der Waals surface area contributed by atoms with Crippen molar-refractivity contribution in [2.24, 2.45) is 17.3 Å². The van der Waals surface area contributed by atoms with Crippen LogP contribution in [0.4, 0.5) is 0 Å². The number of amides is 1. The number of allylic oxidation sites excluding steroid dienone is 2. The lowest BCUT2D eigenvalue weighted by Gasteiger charge is -2.52. The van der Waals surface area contributed by atoms with E-state index in [1.807, 2.05) is 42.2 Å². The predicted molar refractivity (Wildman–Crippen MR) is 96.3 cm³/mol. The molecule has 1 aliphatic heterocycles. The fourth-order valence-electron chi connectivity index (χ4n) is 4.64. The lowest BCUT2D eigenvalue weighted by Crippen LogP contribution is -2.56. The fraction of sp³-hybridized carbons (Fsp3) is 0.524. The van der Waals surface area contributed by atoms with E-state index >= 15 is 0 Å². The van der Waals surface area contributed by atoms with E-state index in [2.05, 4.69) is 13.8 Å². The fourth-order valence-corrected chi connectivity index (χ4v) is 4.64. The zero-order chi connectivity index (χ0) is 18.2. The van der Waals surface area contributed by atoms with Gasteiger partial charge in [0.15, 0.2) is 0 Å². The highest BCUT2D eigenvalue weighted by molar-refractivity contribution is 6.00. The summed E-state index contributed by atoms with van der Waals surface area (Å²) in [6.45, 7) is 6.86. The first kappa shape index (κ1) is 17.7. The summed E-state index contributed by atoms with van der Waals surface area (Å²) in [5.74, 6) is -1.34. The van der Waals surface area contributed by atoms with Gasteiger partial charge in [-0.15, -0.1) is 0 Å². The van der Waals surface area contributed by atoms with E-state index in [9.17, 15) is 9.59 Å². The molecule has 3 atom stereocenters. The predicted octanol–water partition coefficient (Wildman–Crippen LogP) is 3.92. The summed E-state index contributed by atoms with van der Waals surface area (Å²) in [7, 11) is 1.36. The maximum atomic E-state index is 13.3. The Labute approximate surface area is 149 Å². The van der Waals surface area contributed by atoms with Crippen molar-refractivity contribution in [2.75, 3.05) is 7.11 Å². The molecule has 0 N–H and O–H groups in total. The summed E-state index contributed by atoms with van der Waals surface area (Å²) in [5.41, 5.74) is 3.29. The molecule has 4 nitrogen and oxygen atoms in total. The monoisotopic (exact) mass is 341 g/mol. The average Bonchev–Trinajstić information content (AvgIpc) is 2.60. The zero-order valence-electron chi connectivity index (χ0n) is 15.5. The van der Waals surface area contributed by atoms with Crippen LogP contribution in [0.25, 0.3) is 0 Å². The van der Waals surface area contributed by atoms with Crippen molar-refractivity contribution in [1.82, 2.24) is 4.90 Å². The maximum absolute atomic E-state index is 13.3. The molecule has 1 heterocycles. The van der Waals surface area contributed by atoms with E-state index in [4.69, 9.17) is 4.74 Å². The van der Waals surface area contributed by atoms with Crippen molar-refractivity contribution < 1.29 is 14.3 Å². The molecule has 0 radical (unpaired) electrons. The Balaban J connectivity index is 2.09. The molecule has 1 aliphatic carbocycles. The van der Waals surface area contributed by atoms with E-state index < -0.39 is 11.9 Å². The molecule has 3 rings (SSSR count). The molecular formula is C21H27NO3. The lowest BCUT2D eigenvalue weighted by molar-refractivity contribution is -0.162. The highest BCUT2D eigenvalue weighted by atomic mass is 16.5. The minimum Gasteiger partial charge on any atom is -0.468 e. The number of methoxy groups -OCH3 is 1. The second-order valence-electron chi connectivity index (χ2n) is 7.60. The molecule has 2 aliphatic rings. The normalized spacial score (nSPS) is 29.4. The number of likely N-dealkylation sites (tertiary alicyclic amines) is 1. The van der Waals surface area contributed by atoms with E-state index in [0.29, 0.717) is 6.54 Å². The third kappa shape index (κ3) is 2.88. The third-order valence-electron chi connectivity index (χ3n) is 6.14. The van der Waals surface area contributed by atoms with Crippen LogP contribution < -0.4 is 0 Å². The van der Waals surface area contributed by atoms with Crippen LogP contribution in [0.15, 0.2) is 41.6 Å². The molecule has 1 amide bonds. The molecule has 1 aromatic carbocycles. The van der Waals surface area contributed by atoms with Crippen LogP contribution in [0, 0.1) is 17.3 Å². The maximum Gasteiger partial charge on any atom is 0.318 e. The summed E-state index contributed by atoms with van der Waals surface area (Å²) in [5, 5.41) is 0. The molecule has 1 fully saturated rings. The SMILES string of the molecule is COC(=O)C1C(=O)N(Cc2ccccc2)C2=C(C)CCC[C@@]2(C)C1C. The van der Waals surface area contributed by atoms with Gasteiger partial charge in [0.25, 0.3) is 0 Å². The Morgan fingerprint density at radius 1 is 1.32 bits per heavy atom. The van der Waals surface area contributed by atoms with E-state index in [0.717, 1.165) is 30.5 Å². The van der Waals surface area contributed by atoms with E-state index in [1.165, 1.54) is 12.7 Å². The summed E-state index contributed by atoms with van der Waals surface area (Å²) in [4.78, 5) is 27.5. The summed E-state index contributed by atoms with van der Waals surface area (Å²) >= 11 is 0. The smallest absolute Gasteiger partial charge is 0.318 e. The largest absolute Gasteiger partial charge is 0.468 e. The first-order valence-corrected chi connectivity index (χ1v) is 9.03. The van der Waals surface area contributed by atoms with Gasteiger partial charge in [-0.25, -0.2) is 0 Å². The minimum absolute atomic E-state index is 0.0651. The highest BCUT2D eigenvalue weighted by Crippen LogP contribution is 2.53. The number of hydrogen-bond donors (Lipinski definition) is 0. The van der Waals surface area contributed by atoms with E-state index in [-0.39, 0.29) is 17.2 Å². The number of fused-ring (bicyclic) bond motifs is 1. The van der Waals surface area contributed by atoms with Crippen molar-refractivity contribution in [3.8, 4) is 0 Å². The molecule has 25 heavy (non-hydrogen) atoms. The number of hydrogen-bond acceptors (Lipinski definition) is 3. The number of esters is 1.